The van der Waals surface area contributed by atoms with Crippen LogP contribution in [0.4, 0.5) is 0 Å². The molecule has 0 aliphatic heterocycles. The fourth-order valence-corrected chi connectivity index (χ4v) is 5.59. The second-order valence-electron chi connectivity index (χ2n) is 9.39. The molecule has 1 saturated carbocycles. The molecule has 5 nitrogen and oxygen atoms in total. The number of nitrogens with zero attached hydrogens (tertiary/aromatic N) is 1. The highest BCUT2D eigenvalue weighted by atomic mass is 16.4. The van der Waals surface area contributed by atoms with Gasteiger partial charge in [0.15, 0.2) is 0 Å². The zero-order chi connectivity index (χ0) is 22.9. The van der Waals surface area contributed by atoms with Crippen molar-refractivity contribution in [3.8, 4) is 17.2 Å². The first kappa shape index (κ1) is 21.4. The minimum absolute atomic E-state index is 0.0323. The maximum atomic E-state index is 11.1. The molecule has 2 unspecified atom stereocenters. The molecule has 4 N–H and O–H groups in total. The fourth-order valence-electron chi connectivity index (χ4n) is 5.59. The lowest BCUT2D eigenvalue weighted by atomic mass is 9.74. The summed E-state index contributed by atoms with van der Waals surface area (Å²) < 4.78 is 0. The average molecular weight is 444 g/mol. The minimum atomic E-state index is 0.0323. The van der Waals surface area contributed by atoms with Crippen LogP contribution in [-0.4, -0.2) is 26.2 Å². The van der Waals surface area contributed by atoms with Crippen LogP contribution in [0.2, 0.25) is 0 Å². The minimum Gasteiger partial charge on any atom is -0.507 e. The van der Waals surface area contributed by atoms with E-state index < -0.39 is 0 Å². The van der Waals surface area contributed by atoms with E-state index in [1.165, 1.54) is 0 Å². The highest BCUT2D eigenvalue weighted by Crippen LogP contribution is 2.38. The summed E-state index contributed by atoms with van der Waals surface area (Å²) in [4.78, 5) is 0. The van der Waals surface area contributed by atoms with Gasteiger partial charge in [0.1, 0.15) is 17.2 Å². The summed E-state index contributed by atoms with van der Waals surface area (Å²) in [6.45, 7) is 0. The van der Waals surface area contributed by atoms with E-state index in [1.807, 2.05) is 54.6 Å². The van der Waals surface area contributed by atoms with E-state index in [1.54, 1.807) is 0 Å². The molecule has 3 aromatic rings. The number of fused-ring (bicyclic) bond motifs is 8. The van der Waals surface area contributed by atoms with Crippen LogP contribution in [0.5, 0.6) is 17.2 Å². The lowest BCUT2D eigenvalue weighted by Gasteiger charge is -2.31. The molecular weight excluding hydrogens is 414 g/mol. The second-order valence-corrected chi connectivity index (χ2v) is 9.39. The molecule has 33 heavy (non-hydrogen) atoms. The molecule has 1 fully saturated rings. The van der Waals surface area contributed by atoms with Gasteiger partial charge >= 0.3 is 0 Å². The van der Waals surface area contributed by atoms with Gasteiger partial charge < -0.3 is 20.5 Å². The molecule has 170 valence electrons. The summed E-state index contributed by atoms with van der Waals surface area (Å²) in [7, 11) is 0. The van der Waals surface area contributed by atoms with E-state index in [-0.39, 0.29) is 29.1 Å². The second kappa shape index (κ2) is 8.81. The molecule has 0 heterocycles. The van der Waals surface area contributed by atoms with Gasteiger partial charge in [0.25, 0.3) is 0 Å². The SMILES string of the molecule is ON=C1C2CCCC1Cc1cccc(c1O)Cc1cccc(c1O)Cc1cccc(c1O)C2. The number of para-hydroxylation sites is 3. The van der Waals surface area contributed by atoms with Crippen molar-refractivity contribution in [1.82, 2.24) is 0 Å². The Morgan fingerprint density at radius 3 is 1.33 bits per heavy atom. The Kier molecular flexibility index (Phi) is 5.71. The smallest absolute Gasteiger partial charge is 0.122 e. The van der Waals surface area contributed by atoms with Gasteiger partial charge in [-0.15, -0.1) is 0 Å². The van der Waals surface area contributed by atoms with Gasteiger partial charge in [-0.2, -0.15) is 0 Å². The number of hydrogen-bond acceptors (Lipinski definition) is 5. The summed E-state index contributed by atoms with van der Waals surface area (Å²) in [5.41, 5.74) is 5.39. The number of phenols is 3. The van der Waals surface area contributed by atoms with E-state index in [0.29, 0.717) is 25.7 Å². The molecule has 0 saturated heterocycles. The molecule has 2 aliphatic rings. The van der Waals surface area contributed by atoms with Gasteiger partial charge in [-0.3, -0.25) is 0 Å². The molecule has 0 spiro atoms. The van der Waals surface area contributed by atoms with Crippen LogP contribution in [0.1, 0.15) is 52.6 Å². The third kappa shape index (κ3) is 4.04. The van der Waals surface area contributed by atoms with Gasteiger partial charge in [-0.25, -0.2) is 0 Å². The number of phenolic OH excluding ortho intramolecular Hbond substituents is 3. The first-order valence-corrected chi connectivity index (χ1v) is 11.7. The van der Waals surface area contributed by atoms with Crippen molar-refractivity contribution in [3.63, 3.8) is 0 Å². The highest BCUT2D eigenvalue weighted by molar-refractivity contribution is 5.89. The van der Waals surface area contributed by atoms with Gasteiger partial charge in [-0.1, -0.05) is 66.2 Å². The molecule has 2 atom stereocenters. The van der Waals surface area contributed by atoms with Gasteiger partial charge in [0, 0.05) is 24.7 Å². The molecule has 5 heteroatoms. The molecule has 0 amide bonds. The van der Waals surface area contributed by atoms with Crippen LogP contribution >= 0.6 is 0 Å². The van der Waals surface area contributed by atoms with E-state index in [2.05, 4.69) is 5.16 Å². The van der Waals surface area contributed by atoms with E-state index >= 15 is 0 Å². The Labute approximate surface area is 193 Å². The molecular formula is C28H29NO4. The van der Waals surface area contributed by atoms with E-state index in [4.69, 9.17) is 0 Å². The van der Waals surface area contributed by atoms with Crippen LogP contribution in [0.15, 0.2) is 59.8 Å². The van der Waals surface area contributed by atoms with Crippen molar-refractivity contribution in [2.75, 3.05) is 0 Å². The Morgan fingerprint density at radius 1 is 0.576 bits per heavy atom. The number of hydrogen-bond donors (Lipinski definition) is 4. The summed E-state index contributed by atoms with van der Waals surface area (Å²) in [6, 6.07) is 17.1. The number of aromatic hydroxyl groups is 3. The molecule has 2 aliphatic carbocycles. The quantitative estimate of drug-likeness (QED) is 0.279. The predicted octanol–water partition coefficient (Wildman–Crippen LogP) is 5.33. The maximum absolute atomic E-state index is 11.1. The number of rotatable bonds is 0. The lowest BCUT2D eigenvalue weighted by molar-refractivity contribution is 0.299. The Morgan fingerprint density at radius 2 is 0.939 bits per heavy atom. The largest absolute Gasteiger partial charge is 0.507 e. The molecule has 3 aromatic carbocycles. The number of benzene rings is 3. The molecule has 5 rings (SSSR count). The molecule has 8 bridgehead atoms. The topological polar surface area (TPSA) is 93.3 Å². The van der Waals surface area contributed by atoms with E-state index in [9.17, 15) is 20.5 Å². The van der Waals surface area contributed by atoms with Gasteiger partial charge in [0.2, 0.25) is 0 Å². The first-order chi connectivity index (χ1) is 16.0. The van der Waals surface area contributed by atoms with Crippen LogP contribution in [0, 0.1) is 11.8 Å². The molecule has 0 aromatic heterocycles. The normalized spacial score (nSPS) is 20.3. The Balaban J connectivity index is 1.66. The lowest BCUT2D eigenvalue weighted by Crippen LogP contribution is -2.31. The van der Waals surface area contributed by atoms with Crippen molar-refractivity contribution in [2.45, 2.75) is 44.9 Å². The Hall–Kier alpha value is -3.47. The first-order valence-electron chi connectivity index (χ1n) is 11.7. The summed E-state index contributed by atoms with van der Waals surface area (Å²) in [5.74, 6) is 0.758. The van der Waals surface area contributed by atoms with Crippen LogP contribution in [-0.2, 0) is 25.7 Å². The third-order valence-corrected chi connectivity index (χ3v) is 7.36. The zero-order valence-corrected chi connectivity index (χ0v) is 18.5. The third-order valence-electron chi connectivity index (χ3n) is 7.36. The summed E-state index contributed by atoms with van der Waals surface area (Å²) >= 11 is 0. The number of oxime groups is 1. The van der Waals surface area contributed by atoms with Crippen LogP contribution in [0.3, 0.4) is 0 Å². The summed E-state index contributed by atoms with van der Waals surface area (Å²) in [6.07, 6.45) is 4.79. The maximum Gasteiger partial charge on any atom is 0.122 e. The van der Waals surface area contributed by atoms with Crippen molar-refractivity contribution in [1.29, 1.82) is 0 Å². The molecule has 0 radical (unpaired) electrons. The highest BCUT2D eigenvalue weighted by Gasteiger charge is 2.31. The van der Waals surface area contributed by atoms with Crippen LogP contribution < -0.4 is 0 Å². The fraction of sp³-hybridized carbons (Fsp3) is 0.321. The van der Waals surface area contributed by atoms with Crippen molar-refractivity contribution < 1.29 is 20.5 Å². The Bertz CT molecular complexity index is 1130. The van der Waals surface area contributed by atoms with Gasteiger partial charge in [-0.05, 0) is 59.1 Å². The van der Waals surface area contributed by atoms with E-state index in [0.717, 1.165) is 58.4 Å². The summed E-state index contributed by atoms with van der Waals surface area (Å²) in [5, 5.41) is 46.8. The standard InChI is InChI=1S/C28H29NO4/c30-26-19-7-2-9-21(26)15-23-11-4-12-24(28(23)32)16-22-10-3-8-20(27(22)31)14-18-6-1-5-17(13-19)25(18)29-33/h2-4,7-12,17-18,30-33H,1,5-6,13-16H2. The van der Waals surface area contributed by atoms with Gasteiger partial charge in [0.05, 0.1) is 5.71 Å². The van der Waals surface area contributed by atoms with Crippen molar-refractivity contribution in [3.05, 3.63) is 88.0 Å². The predicted molar refractivity (Wildman–Crippen MR) is 127 cm³/mol. The van der Waals surface area contributed by atoms with Crippen molar-refractivity contribution >= 4 is 5.71 Å². The van der Waals surface area contributed by atoms with Crippen LogP contribution in [0.25, 0.3) is 0 Å². The monoisotopic (exact) mass is 443 g/mol. The zero-order valence-electron chi connectivity index (χ0n) is 18.5. The average Bonchev–Trinajstić information content (AvgIpc) is 2.81. The van der Waals surface area contributed by atoms with Crippen molar-refractivity contribution in [2.24, 2.45) is 17.0 Å².